The first-order valence-corrected chi connectivity index (χ1v) is 2.68. The molecule has 0 aliphatic carbocycles. The minimum absolute atomic E-state index is 0.618. The first-order valence-electron chi connectivity index (χ1n) is 2.31. The van der Waals surface area contributed by atoms with Crippen molar-refractivity contribution in [3.63, 3.8) is 0 Å². The Morgan fingerprint density at radius 3 is 2.75 bits per heavy atom. The second-order valence-electron chi connectivity index (χ2n) is 1.52. The molecule has 2 N–H and O–H groups in total. The molecule has 1 nitrogen and oxygen atoms in total. The van der Waals surface area contributed by atoms with Crippen LogP contribution in [-0.2, 0) is 0 Å². The van der Waals surface area contributed by atoms with Gasteiger partial charge in [-0.25, -0.2) is 0 Å². The molecule has 0 saturated carbocycles. The van der Waals surface area contributed by atoms with Crippen LogP contribution in [0.5, 0.6) is 0 Å². The van der Waals surface area contributed by atoms with E-state index in [1.54, 1.807) is 13.0 Å². The third kappa shape index (κ3) is 1.01. The number of halogens is 1. The molecule has 0 aliphatic heterocycles. The molecule has 0 atom stereocenters. The Morgan fingerprint density at radius 2 is 2.38 bits per heavy atom. The van der Waals surface area contributed by atoms with Crippen LogP contribution in [0, 0.1) is 0 Å². The van der Waals surface area contributed by atoms with E-state index in [9.17, 15) is 0 Å². The summed E-state index contributed by atoms with van der Waals surface area (Å²) in [6, 6.07) is 3.61. The number of hydrogen-bond acceptors (Lipinski definition) is 1. The fourth-order valence-electron chi connectivity index (χ4n) is 0.475. The van der Waals surface area contributed by atoms with E-state index in [1.165, 1.54) is 0 Å². The Morgan fingerprint density at radius 1 is 1.62 bits per heavy atom. The van der Waals surface area contributed by atoms with Gasteiger partial charge in [0.25, 0.3) is 0 Å². The van der Waals surface area contributed by atoms with Crippen molar-refractivity contribution in [2.24, 2.45) is 0 Å². The van der Waals surface area contributed by atoms with Crippen LogP contribution in [0.2, 0.25) is 4.92 Å². The van der Waals surface area contributed by atoms with Gasteiger partial charge in [-0.1, -0.05) is 0 Å². The monoisotopic (exact) mass is 125 g/mol. The number of nitrogens with two attached hydrogens (primary N) is 1. The average Bonchev–Trinajstić information content (AvgIpc) is 1.77. The molecule has 3 heteroatoms. The Bertz CT molecular complexity index is 169. The second-order valence-corrected chi connectivity index (χ2v) is 1.93. The first-order chi connectivity index (χ1) is 3.80. The zero-order valence-corrected chi connectivity index (χ0v) is 5.02. The van der Waals surface area contributed by atoms with Crippen molar-refractivity contribution in [2.45, 2.75) is 0 Å². The quantitative estimate of drug-likeness (QED) is 0.555. The van der Waals surface area contributed by atoms with Crippen LogP contribution in [0.25, 0.3) is 0 Å². The van der Waals surface area contributed by atoms with Crippen LogP contribution in [0.4, 0.5) is 5.69 Å². The topological polar surface area (TPSA) is 26.0 Å². The van der Waals surface area contributed by atoms with E-state index < -0.39 is 0 Å². The van der Waals surface area contributed by atoms with Crippen molar-refractivity contribution in [1.29, 1.82) is 0 Å². The average molecular weight is 125 g/mol. The SMILES string of the molecule is Nc1cccbc1Cl. The third-order valence-electron chi connectivity index (χ3n) is 0.905. The van der Waals surface area contributed by atoms with Crippen molar-refractivity contribution in [2.75, 3.05) is 5.73 Å². The van der Waals surface area contributed by atoms with Gasteiger partial charge in [0.15, 0.2) is 0 Å². The number of nitrogen functional groups attached to an aromatic ring is 1. The molecular formula is C5H5BClN. The predicted molar refractivity (Wildman–Crippen MR) is 37.2 cm³/mol. The van der Waals surface area contributed by atoms with Crippen LogP contribution in [-0.4, -0.2) is 6.91 Å². The van der Waals surface area contributed by atoms with E-state index in [0.29, 0.717) is 10.6 Å². The Hall–Kier alpha value is -0.495. The van der Waals surface area contributed by atoms with Gasteiger partial charge in [-0.15, -0.1) is 0 Å². The molecule has 1 aromatic heterocycles. The summed E-state index contributed by atoms with van der Waals surface area (Å²) in [4.78, 5) is 0.618. The minimum atomic E-state index is 0.618. The van der Waals surface area contributed by atoms with Gasteiger partial charge in [0, 0.05) is 0 Å². The zero-order valence-electron chi connectivity index (χ0n) is 4.26. The molecule has 0 aliphatic rings. The molecule has 0 spiro atoms. The van der Waals surface area contributed by atoms with Gasteiger partial charge in [0.1, 0.15) is 0 Å². The van der Waals surface area contributed by atoms with Crippen molar-refractivity contribution >= 4 is 24.2 Å². The van der Waals surface area contributed by atoms with E-state index in [2.05, 4.69) is 0 Å². The van der Waals surface area contributed by atoms with Crippen LogP contribution in [0.1, 0.15) is 0 Å². The van der Waals surface area contributed by atoms with Gasteiger partial charge in [-0.2, -0.15) is 0 Å². The van der Waals surface area contributed by atoms with Crippen LogP contribution in [0.15, 0.2) is 18.1 Å². The predicted octanol–water partition coefficient (Wildman–Crippen LogP) is 1.26. The molecular weight excluding hydrogens is 120 g/mol. The second kappa shape index (κ2) is 2.18. The van der Waals surface area contributed by atoms with E-state index in [1.807, 2.05) is 12.0 Å². The fraction of sp³-hybridized carbons (Fsp3) is 0. The van der Waals surface area contributed by atoms with Crippen molar-refractivity contribution < 1.29 is 0 Å². The Labute approximate surface area is 53.7 Å². The Kier molecular flexibility index (Phi) is 1.54. The summed E-state index contributed by atoms with van der Waals surface area (Å²) < 4.78 is 0. The summed E-state index contributed by atoms with van der Waals surface area (Å²) in [6.45, 7) is 1.76. The van der Waals surface area contributed by atoms with Crippen LogP contribution in [0.3, 0.4) is 0 Å². The molecule has 0 bridgehead atoms. The van der Waals surface area contributed by atoms with E-state index in [-0.39, 0.29) is 0 Å². The summed E-state index contributed by atoms with van der Waals surface area (Å²) in [7, 11) is 0. The standard InChI is InChI=1S/C5H5BClN/c7-5-4(8)2-1-3-6-5/h1-3H,8H2. The summed E-state index contributed by atoms with van der Waals surface area (Å²) in [5, 5.41) is 0. The normalized spacial score (nSPS) is 8.62. The molecule has 8 heavy (non-hydrogen) atoms. The molecule has 0 unspecified atom stereocenters. The van der Waals surface area contributed by atoms with E-state index in [4.69, 9.17) is 17.3 Å². The molecule has 1 aromatic rings. The molecule has 1 heterocycles. The summed E-state index contributed by atoms with van der Waals surface area (Å²) >= 11 is 5.58. The van der Waals surface area contributed by atoms with Gasteiger partial charge in [0.05, 0.1) is 0 Å². The van der Waals surface area contributed by atoms with Gasteiger partial charge in [-0.3, -0.25) is 0 Å². The zero-order chi connectivity index (χ0) is 5.98. The van der Waals surface area contributed by atoms with Gasteiger partial charge < -0.3 is 0 Å². The number of hydrogen-bond donors (Lipinski definition) is 1. The molecule has 0 fully saturated rings. The summed E-state index contributed by atoms with van der Waals surface area (Å²) in [6.07, 6.45) is 0. The van der Waals surface area contributed by atoms with E-state index >= 15 is 0 Å². The summed E-state index contributed by atoms with van der Waals surface area (Å²) in [5.41, 5.74) is 6.02. The number of anilines is 1. The molecule has 40 valence electrons. The molecule has 1 rings (SSSR count). The molecule has 0 amide bonds. The molecule has 0 radical (unpaired) electrons. The van der Waals surface area contributed by atoms with Crippen LogP contribution >= 0.6 is 11.6 Å². The molecule has 0 aromatic carbocycles. The third-order valence-corrected chi connectivity index (χ3v) is 1.25. The maximum absolute atomic E-state index is 5.58. The van der Waals surface area contributed by atoms with Crippen molar-refractivity contribution in [1.82, 2.24) is 0 Å². The fourth-order valence-corrected chi connectivity index (χ4v) is 0.611. The van der Waals surface area contributed by atoms with Crippen molar-refractivity contribution in [3.8, 4) is 0 Å². The number of rotatable bonds is 0. The Balaban J connectivity index is 3.13. The van der Waals surface area contributed by atoms with Gasteiger partial charge in [-0.05, 0) is 0 Å². The molecule has 0 saturated heterocycles. The van der Waals surface area contributed by atoms with E-state index in [0.717, 1.165) is 0 Å². The van der Waals surface area contributed by atoms with Gasteiger partial charge in [0.2, 0.25) is 0 Å². The maximum atomic E-state index is 5.58. The van der Waals surface area contributed by atoms with Crippen LogP contribution < -0.4 is 5.73 Å². The van der Waals surface area contributed by atoms with Crippen molar-refractivity contribution in [3.05, 3.63) is 23.0 Å². The first kappa shape index (κ1) is 5.64. The van der Waals surface area contributed by atoms with Gasteiger partial charge >= 0.3 is 52.9 Å². The summed E-state index contributed by atoms with van der Waals surface area (Å²) in [5.74, 6) is 1.85.